The molecule has 2 aromatic rings. The van der Waals surface area contributed by atoms with Gasteiger partial charge in [-0.1, -0.05) is 25.4 Å². The third kappa shape index (κ3) is 2.49. The van der Waals surface area contributed by atoms with E-state index in [1.165, 1.54) is 13.3 Å². The highest BCUT2D eigenvalue weighted by atomic mass is 35.5. The minimum atomic E-state index is -0.985. The number of hydrogen-bond donors (Lipinski definition) is 1. The summed E-state index contributed by atoms with van der Waals surface area (Å²) in [7, 11) is 1.53. The largest absolute Gasteiger partial charge is 0.495 e. The Balaban J connectivity index is 2.61. The number of methoxy groups -OCH3 is 1. The summed E-state index contributed by atoms with van der Waals surface area (Å²) in [6.07, 6.45) is 1.36. The van der Waals surface area contributed by atoms with Crippen LogP contribution in [0.1, 0.15) is 35.8 Å². The lowest BCUT2D eigenvalue weighted by atomic mass is 10.1. The zero-order chi connectivity index (χ0) is 14.9. The first kappa shape index (κ1) is 14.4. The van der Waals surface area contributed by atoms with E-state index in [9.17, 15) is 9.90 Å². The molecule has 6 heteroatoms. The summed E-state index contributed by atoms with van der Waals surface area (Å²) in [5.74, 6) is -0.447. The molecule has 1 aromatic carbocycles. The predicted molar refractivity (Wildman–Crippen MR) is 76.2 cm³/mol. The summed E-state index contributed by atoms with van der Waals surface area (Å²) in [6, 6.07) is 5.20. The predicted octanol–water partition coefficient (Wildman–Crippen LogP) is 3.36. The molecule has 0 atom stereocenters. The summed E-state index contributed by atoms with van der Waals surface area (Å²) < 4.78 is 6.78. The minimum Gasteiger partial charge on any atom is -0.495 e. The highest BCUT2D eigenvalue weighted by Gasteiger charge is 2.20. The van der Waals surface area contributed by atoms with Crippen LogP contribution in [0.3, 0.4) is 0 Å². The van der Waals surface area contributed by atoms with Crippen LogP contribution < -0.4 is 4.74 Å². The van der Waals surface area contributed by atoms with Gasteiger partial charge in [0.15, 0.2) is 0 Å². The Morgan fingerprint density at radius 3 is 2.70 bits per heavy atom. The van der Waals surface area contributed by atoms with Crippen molar-refractivity contribution in [3.63, 3.8) is 0 Å². The van der Waals surface area contributed by atoms with Gasteiger partial charge in [-0.3, -0.25) is 0 Å². The van der Waals surface area contributed by atoms with Crippen molar-refractivity contribution in [1.82, 2.24) is 9.78 Å². The fourth-order valence-corrected chi connectivity index (χ4v) is 2.26. The molecule has 5 nitrogen and oxygen atoms in total. The standard InChI is InChI=1S/C14H15ClN2O3/c1-8(2)13-10(14(18)19)7-16-17(13)9-4-5-11(15)12(6-9)20-3/h4-8H,1-3H3,(H,18,19). The van der Waals surface area contributed by atoms with Gasteiger partial charge in [-0.15, -0.1) is 0 Å². The van der Waals surface area contributed by atoms with Crippen LogP contribution in [0, 0.1) is 0 Å². The second kappa shape index (κ2) is 5.54. The van der Waals surface area contributed by atoms with E-state index in [0.717, 1.165) is 0 Å². The smallest absolute Gasteiger partial charge is 0.339 e. The monoisotopic (exact) mass is 294 g/mol. The summed E-state index contributed by atoms with van der Waals surface area (Å²) in [5.41, 5.74) is 1.55. The SMILES string of the molecule is COc1cc(-n2ncc(C(=O)O)c2C(C)C)ccc1Cl. The Hall–Kier alpha value is -2.01. The molecule has 0 aliphatic carbocycles. The van der Waals surface area contributed by atoms with Gasteiger partial charge in [-0.05, 0) is 18.1 Å². The molecule has 106 valence electrons. The highest BCUT2D eigenvalue weighted by Crippen LogP contribution is 2.29. The number of rotatable bonds is 4. The minimum absolute atomic E-state index is 0.0188. The number of carboxylic acids is 1. The Morgan fingerprint density at radius 2 is 2.15 bits per heavy atom. The van der Waals surface area contributed by atoms with Crippen molar-refractivity contribution in [3.8, 4) is 11.4 Å². The van der Waals surface area contributed by atoms with Crippen LogP contribution in [-0.2, 0) is 0 Å². The van der Waals surface area contributed by atoms with Crippen LogP contribution in [0.15, 0.2) is 24.4 Å². The first-order valence-electron chi connectivity index (χ1n) is 6.10. The van der Waals surface area contributed by atoms with Crippen LogP contribution in [0.25, 0.3) is 5.69 Å². The van der Waals surface area contributed by atoms with Gasteiger partial charge in [0.05, 0.1) is 29.7 Å². The van der Waals surface area contributed by atoms with Gasteiger partial charge < -0.3 is 9.84 Å². The van der Waals surface area contributed by atoms with E-state index >= 15 is 0 Å². The van der Waals surface area contributed by atoms with Gasteiger partial charge >= 0.3 is 5.97 Å². The number of carbonyl (C=O) groups is 1. The second-order valence-electron chi connectivity index (χ2n) is 4.63. The third-order valence-electron chi connectivity index (χ3n) is 2.96. The van der Waals surface area contributed by atoms with E-state index in [1.807, 2.05) is 13.8 Å². The third-order valence-corrected chi connectivity index (χ3v) is 3.28. The molecule has 0 aliphatic heterocycles. The number of benzene rings is 1. The lowest BCUT2D eigenvalue weighted by Gasteiger charge is -2.13. The van der Waals surface area contributed by atoms with Crippen molar-refractivity contribution >= 4 is 17.6 Å². The fraction of sp³-hybridized carbons (Fsp3) is 0.286. The maximum absolute atomic E-state index is 11.2. The molecule has 1 aromatic heterocycles. The first-order valence-corrected chi connectivity index (χ1v) is 6.48. The molecule has 0 spiro atoms. The number of aromatic nitrogens is 2. The van der Waals surface area contributed by atoms with Crippen LogP contribution in [0.4, 0.5) is 0 Å². The normalized spacial score (nSPS) is 10.8. The number of nitrogens with zero attached hydrogens (tertiary/aromatic N) is 2. The molecule has 1 heterocycles. The Bertz CT molecular complexity index is 650. The van der Waals surface area contributed by atoms with Gasteiger partial charge in [0.25, 0.3) is 0 Å². The van der Waals surface area contributed by atoms with Crippen molar-refractivity contribution in [2.45, 2.75) is 19.8 Å². The van der Waals surface area contributed by atoms with E-state index < -0.39 is 5.97 Å². The van der Waals surface area contributed by atoms with Crippen molar-refractivity contribution in [3.05, 3.63) is 40.7 Å². The Labute approximate surface area is 121 Å². The highest BCUT2D eigenvalue weighted by molar-refractivity contribution is 6.32. The second-order valence-corrected chi connectivity index (χ2v) is 5.04. The van der Waals surface area contributed by atoms with E-state index in [0.29, 0.717) is 22.2 Å². The molecule has 0 aliphatic rings. The van der Waals surface area contributed by atoms with Crippen molar-refractivity contribution in [2.75, 3.05) is 7.11 Å². The number of hydrogen-bond acceptors (Lipinski definition) is 3. The number of ether oxygens (including phenoxy) is 1. The summed E-state index contributed by atoms with van der Waals surface area (Å²) in [5, 5.41) is 13.9. The molecular weight excluding hydrogens is 280 g/mol. The lowest BCUT2D eigenvalue weighted by molar-refractivity contribution is 0.0695. The van der Waals surface area contributed by atoms with Crippen LogP contribution >= 0.6 is 11.6 Å². The van der Waals surface area contributed by atoms with Crippen LogP contribution in [0.5, 0.6) is 5.75 Å². The molecule has 0 amide bonds. The van der Waals surface area contributed by atoms with Crippen LogP contribution in [-0.4, -0.2) is 28.0 Å². The zero-order valence-electron chi connectivity index (χ0n) is 11.4. The molecule has 0 saturated heterocycles. The van der Waals surface area contributed by atoms with Gasteiger partial charge in [0.2, 0.25) is 0 Å². The molecule has 0 radical (unpaired) electrons. The Morgan fingerprint density at radius 1 is 1.45 bits per heavy atom. The van der Waals surface area contributed by atoms with Gasteiger partial charge in [0.1, 0.15) is 11.3 Å². The maximum atomic E-state index is 11.2. The van der Waals surface area contributed by atoms with Crippen molar-refractivity contribution < 1.29 is 14.6 Å². The zero-order valence-corrected chi connectivity index (χ0v) is 12.2. The summed E-state index contributed by atoms with van der Waals surface area (Å²) in [6.45, 7) is 3.85. The molecule has 0 saturated carbocycles. The average molecular weight is 295 g/mol. The topological polar surface area (TPSA) is 64.4 Å². The Kier molecular flexibility index (Phi) is 3.99. The maximum Gasteiger partial charge on any atom is 0.339 e. The molecule has 2 rings (SSSR count). The quantitative estimate of drug-likeness (QED) is 0.939. The van der Waals surface area contributed by atoms with Crippen LogP contribution in [0.2, 0.25) is 5.02 Å². The molecule has 1 N–H and O–H groups in total. The number of carboxylic acid groups (broad SMARTS) is 1. The number of halogens is 1. The average Bonchev–Trinajstić information content (AvgIpc) is 2.84. The van der Waals surface area contributed by atoms with E-state index in [1.54, 1.807) is 22.9 Å². The fourth-order valence-electron chi connectivity index (χ4n) is 2.06. The van der Waals surface area contributed by atoms with Crippen molar-refractivity contribution in [1.29, 1.82) is 0 Å². The van der Waals surface area contributed by atoms with Gasteiger partial charge in [-0.2, -0.15) is 5.10 Å². The molecule has 20 heavy (non-hydrogen) atoms. The summed E-state index contributed by atoms with van der Waals surface area (Å²) in [4.78, 5) is 11.2. The van der Waals surface area contributed by atoms with Gasteiger partial charge in [0, 0.05) is 6.07 Å². The van der Waals surface area contributed by atoms with Gasteiger partial charge in [-0.25, -0.2) is 9.48 Å². The summed E-state index contributed by atoms with van der Waals surface area (Å²) >= 11 is 5.99. The molecule has 0 bridgehead atoms. The van der Waals surface area contributed by atoms with E-state index in [2.05, 4.69) is 5.10 Å². The lowest BCUT2D eigenvalue weighted by Crippen LogP contribution is -2.08. The van der Waals surface area contributed by atoms with Crippen molar-refractivity contribution in [2.24, 2.45) is 0 Å². The van der Waals surface area contributed by atoms with E-state index in [-0.39, 0.29) is 11.5 Å². The van der Waals surface area contributed by atoms with E-state index in [4.69, 9.17) is 16.3 Å². The molecule has 0 fully saturated rings. The molecular formula is C14H15ClN2O3. The number of aromatic carboxylic acids is 1. The first-order chi connectivity index (χ1) is 9.45. The molecule has 0 unspecified atom stereocenters.